The van der Waals surface area contributed by atoms with Crippen molar-refractivity contribution in [2.24, 2.45) is 0 Å². The number of hydrogen-bond donors (Lipinski definition) is 0. The molecule has 0 aliphatic heterocycles. The van der Waals surface area contributed by atoms with Gasteiger partial charge in [0.05, 0.1) is 5.41 Å². The monoisotopic (exact) mass is 851 g/mol. The first-order valence-electron chi connectivity index (χ1n) is 22.9. The summed E-state index contributed by atoms with van der Waals surface area (Å²) in [5.41, 5.74) is 21.4. The molecule has 0 N–H and O–H groups in total. The van der Waals surface area contributed by atoms with E-state index in [4.69, 9.17) is 15.0 Å². The van der Waals surface area contributed by atoms with E-state index >= 15 is 0 Å². The Bertz CT molecular complexity index is 3500. The van der Waals surface area contributed by atoms with E-state index in [1.807, 2.05) is 0 Å². The average molecular weight is 852 g/mol. The standard InChI is InChI=1S/C64H41N3/c1-3-18-42(19-4-1)44-22-13-24-46(38-44)48-26-15-28-50(40-48)61-65-62(51-29-16-27-49(41-51)47-25-14-23-45(39-47)43-20-5-2-6-21-43)67-63(66-61)56-34-17-33-55-54-32-9-12-37-59(54)64(60(55)56)57-35-10-7-30-52(57)53-31-8-11-36-58(53)64/h1-41H. The molecule has 1 aromatic heterocycles. The predicted octanol–water partition coefficient (Wildman–Crippen LogP) is 15.9. The highest BCUT2D eigenvalue weighted by Crippen LogP contribution is 2.64. The normalized spacial score (nSPS) is 12.6. The second-order valence-corrected chi connectivity index (χ2v) is 17.5. The van der Waals surface area contributed by atoms with E-state index in [0.29, 0.717) is 17.5 Å². The Labute approximate surface area is 390 Å². The van der Waals surface area contributed by atoms with Gasteiger partial charge in [0.1, 0.15) is 0 Å². The second-order valence-electron chi connectivity index (χ2n) is 17.5. The fourth-order valence-electron chi connectivity index (χ4n) is 10.8. The van der Waals surface area contributed by atoms with Gasteiger partial charge in [-0.1, -0.05) is 224 Å². The summed E-state index contributed by atoms with van der Waals surface area (Å²) in [6.45, 7) is 0. The molecule has 67 heavy (non-hydrogen) atoms. The summed E-state index contributed by atoms with van der Waals surface area (Å²) in [6, 6.07) is 89.3. The molecule has 1 heterocycles. The predicted molar refractivity (Wildman–Crippen MR) is 274 cm³/mol. The Morgan fingerprint density at radius 1 is 0.209 bits per heavy atom. The van der Waals surface area contributed by atoms with E-state index in [-0.39, 0.29) is 0 Å². The van der Waals surface area contributed by atoms with Crippen molar-refractivity contribution in [2.45, 2.75) is 5.41 Å². The molecule has 0 amide bonds. The topological polar surface area (TPSA) is 38.7 Å². The molecule has 10 aromatic carbocycles. The van der Waals surface area contributed by atoms with Gasteiger partial charge in [0, 0.05) is 16.7 Å². The number of fused-ring (bicyclic) bond motifs is 10. The number of nitrogens with zero attached hydrogens (tertiary/aromatic N) is 3. The second kappa shape index (κ2) is 15.7. The molecule has 13 rings (SSSR count). The quantitative estimate of drug-likeness (QED) is 0.160. The van der Waals surface area contributed by atoms with Crippen molar-refractivity contribution < 1.29 is 0 Å². The van der Waals surface area contributed by atoms with Crippen molar-refractivity contribution in [1.29, 1.82) is 0 Å². The molecule has 2 aliphatic rings. The van der Waals surface area contributed by atoms with Gasteiger partial charge in [-0.25, -0.2) is 15.0 Å². The van der Waals surface area contributed by atoms with E-state index in [9.17, 15) is 0 Å². The minimum Gasteiger partial charge on any atom is -0.208 e. The molecule has 11 aromatic rings. The summed E-state index contributed by atoms with van der Waals surface area (Å²) in [6.07, 6.45) is 0. The van der Waals surface area contributed by atoms with E-state index in [0.717, 1.165) is 38.9 Å². The Morgan fingerprint density at radius 2 is 0.493 bits per heavy atom. The molecule has 0 saturated heterocycles. The largest absolute Gasteiger partial charge is 0.208 e. The van der Waals surface area contributed by atoms with Crippen LogP contribution in [0, 0.1) is 0 Å². The van der Waals surface area contributed by atoms with E-state index < -0.39 is 5.41 Å². The van der Waals surface area contributed by atoms with Crippen molar-refractivity contribution >= 4 is 0 Å². The lowest BCUT2D eigenvalue weighted by Gasteiger charge is -2.31. The van der Waals surface area contributed by atoms with Gasteiger partial charge in [0.15, 0.2) is 17.5 Å². The van der Waals surface area contributed by atoms with Crippen LogP contribution in [0.3, 0.4) is 0 Å². The van der Waals surface area contributed by atoms with Crippen LogP contribution in [0.15, 0.2) is 249 Å². The van der Waals surface area contributed by atoms with Crippen molar-refractivity contribution in [1.82, 2.24) is 15.0 Å². The van der Waals surface area contributed by atoms with Crippen molar-refractivity contribution in [3.63, 3.8) is 0 Å². The number of aromatic nitrogens is 3. The van der Waals surface area contributed by atoms with Gasteiger partial charge in [-0.3, -0.25) is 0 Å². The van der Waals surface area contributed by atoms with Crippen LogP contribution in [0.4, 0.5) is 0 Å². The maximum atomic E-state index is 5.51. The molecule has 0 radical (unpaired) electrons. The van der Waals surface area contributed by atoms with E-state index in [1.165, 1.54) is 66.8 Å². The third-order valence-corrected chi connectivity index (χ3v) is 13.7. The zero-order chi connectivity index (χ0) is 44.3. The molecule has 3 nitrogen and oxygen atoms in total. The lowest BCUT2D eigenvalue weighted by Crippen LogP contribution is -2.26. The van der Waals surface area contributed by atoms with Crippen LogP contribution < -0.4 is 0 Å². The Kier molecular flexibility index (Phi) is 9.07. The van der Waals surface area contributed by atoms with E-state index in [2.05, 4.69) is 249 Å². The van der Waals surface area contributed by atoms with Crippen molar-refractivity contribution in [3.05, 3.63) is 271 Å². The average Bonchev–Trinajstić information content (AvgIpc) is 3.89. The van der Waals surface area contributed by atoms with Gasteiger partial charge in [-0.2, -0.15) is 0 Å². The Hall–Kier alpha value is -8.79. The summed E-state index contributed by atoms with van der Waals surface area (Å²) >= 11 is 0. The molecule has 0 saturated carbocycles. The number of hydrogen-bond acceptors (Lipinski definition) is 3. The van der Waals surface area contributed by atoms with E-state index in [1.54, 1.807) is 0 Å². The molecule has 0 unspecified atom stereocenters. The maximum absolute atomic E-state index is 5.51. The highest BCUT2D eigenvalue weighted by atomic mass is 15.0. The SMILES string of the molecule is c1ccc(-c2cccc(-c3cccc(-c4nc(-c5cccc(-c6cccc(-c7ccccc7)c6)c5)nc(-c5cccc6c5C5(c7ccccc7-c7ccccc75)c5ccccc5-6)n4)c3)c2)cc1. The van der Waals surface area contributed by atoms with Gasteiger partial charge in [-0.15, -0.1) is 0 Å². The smallest absolute Gasteiger partial charge is 0.164 e. The Morgan fingerprint density at radius 3 is 0.940 bits per heavy atom. The van der Waals surface area contributed by atoms with Gasteiger partial charge in [-0.05, 0) is 113 Å². The van der Waals surface area contributed by atoms with Crippen LogP contribution in [-0.2, 0) is 5.41 Å². The highest BCUT2D eigenvalue weighted by molar-refractivity contribution is 5.98. The third-order valence-electron chi connectivity index (χ3n) is 13.7. The molecular formula is C64H41N3. The van der Waals surface area contributed by atoms with Crippen LogP contribution in [0.1, 0.15) is 22.3 Å². The first-order chi connectivity index (χ1) is 33.2. The van der Waals surface area contributed by atoms with Crippen LogP contribution in [0.5, 0.6) is 0 Å². The summed E-state index contributed by atoms with van der Waals surface area (Å²) < 4.78 is 0. The minimum atomic E-state index is -0.573. The first kappa shape index (κ1) is 38.6. The Balaban J connectivity index is 1.02. The van der Waals surface area contributed by atoms with Crippen molar-refractivity contribution in [3.8, 4) is 101 Å². The zero-order valence-electron chi connectivity index (χ0n) is 36.5. The fraction of sp³-hybridized carbons (Fsp3) is 0.0156. The molecule has 312 valence electrons. The maximum Gasteiger partial charge on any atom is 0.164 e. The van der Waals surface area contributed by atoms with Crippen LogP contribution in [0.25, 0.3) is 101 Å². The number of rotatable bonds is 7. The lowest BCUT2D eigenvalue weighted by atomic mass is 9.69. The molecule has 2 aliphatic carbocycles. The molecule has 0 bridgehead atoms. The van der Waals surface area contributed by atoms with Gasteiger partial charge in [0.2, 0.25) is 0 Å². The molecular weight excluding hydrogens is 811 g/mol. The van der Waals surface area contributed by atoms with Gasteiger partial charge >= 0.3 is 0 Å². The fourth-order valence-corrected chi connectivity index (χ4v) is 10.8. The van der Waals surface area contributed by atoms with Gasteiger partial charge < -0.3 is 0 Å². The van der Waals surface area contributed by atoms with Crippen LogP contribution >= 0.6 is 0 Å². The molecule has 3 heteroatoms. The summed E-state index contributed by atoms with van der Waals surface area (Å²) in [5.74, 6) is 1.87. The summed E-state index contributed by atoms with van der Waals surface area (Å²) in [4.78, 5) is 16.4. The third kappa shape index (κ3) is 6.31. The number of benzene rings is 10. The zero-order valence-corrected chi connectivity index (χ0v) is 36.5. The minimum absolute atomic E-state index is 0.573. The van der Waals surface area contributed by atoms with Crippen molar-refractivity contribution in [2.75, 3.05) is 0 Å². The van der Waals surface area contributed by atoms with Crippen LogP contribution in [0.2, 0.25) is 0 Å². The molecule has 1 spiro atoms. The highest BCUT2D eigenvalue weighted by Gasteiger charge is 2.52. The first-order valence-corrected chi connectivity index (χ1v) is 22.9. The molecule has 0 fully saturated rings. The summed E-state index contributed by atoms with van der Waals surface area (Å²) in [5, 5.41) is 0. The van der Waals surface area contributed by atoms with Crippen LogP contribution in [-0.4, -0.2) is 15.0 Å². The van der Waals surface area contributed by atoms with Gasteiger partial charge in [0.25, 0.3) is 0 Å². The summed E-state index contributed by atoms with van der Waals surface area (Å²) in [7, 11) is 0. The molecule has 0 atom stereocenters. The lowest BCUT2D eigenvalue weighted by molar-refractivity contribution is 0.794.